The Labute approximate surface area is 152 Å². The monoisotopic (exact) mass is 372 g/mol. The Morgan fingerprint density at radius 1 is 1.08 bits per heavy atom. The molecule has 6 nitrogen and oxygen atoms in total. The third kappa shape index (κ3) is 2.66. The molecule has 132 valence electrons. The number of fused-ring (bicyclic) bond motifs is 3. The highest BCUT2D eigenvalue weighted by Crippen LogP contribution is 2.37. The third-order valence-corrected chi connectivity index (χ3v) is 4.38. The SMILES string of the molecule is COc1cc2[nH]c3c(Nc4ccc(F)cc4Cl)ncnc3c2cc1OC. The molecule has 0 atom stereocenters. The number of halogens is 2. The predicted molar refractivity (Wildman–Crippen MR) is 99.2 cm³/mol. The molecular formula is C18H14ClFN4O2. The molecule has 8 heteroatoms. The van der Waals surface area contributed by atoms with Crippen LogP contribution in [-0.2, 0) is 0 Å². The number of H-pyrrole nitrogens is 1. The lowest BCUT2D eigenvalue weighted by molar-refractivity contribution is 0.356. The average Bonchev–Trinajstić information content (AvgIpc) is 3.01. The van der Waals surface area contributed by atoms with Crippen LogP contribution in [0.5, 0.6) is 11.5 Å². The first-order chi connectivity index (χ1) is 12.6. The Bertz CT molecular complexity index is 1130. The van der Waals surface area contributed by atoms with Crippen molar-refractivity contribution in [1.82, 2.24) is 15.0 Å². The molecule has 0 aliphatic carbocycles. The van der Waals surface area contributed by atoms with Crippen LogP contribution in [0.3, 0.4) is 0 Å². The number of hydrogen-bond donors (Lipinski definition) is 2. The molecule has 2 heterocycles. The molecule has 2 aromatic carbocycles. The number of nitrogens with zero attached hydrogens (tertiary/aromatic N) is 2. The fourth-order valence-corrected chi connectivity index (χ4v) is 3.05. The Kier molecular flexibility index (Phi) is 4.00. The van der Waals surface area contributed by atoms with E-state index in [1.54, 1.807) is 20.3 Å². The normalized spacial score (nSPS) is 11.1. The standard InChI is InChI=1S/C18H14ClFN4O2/c1-25-14-6-10-13(7-15(14)26-2)23-17-16(10)21-8-22-18(17)24-12-4-3-9(20)5-11(12)19/h3-8,23H,1-2H3,(H,21,22,24). The predicted octanol–water partition coefficient (Wildman–Crippen LogP) is 4.66. The van der Waals surface area contributed by atoms with Gasteiger partial charge in [-0.1, -0.05) is 11.6 Å². The van der Waals surface area contributed by atoms with E-state index in [9.17, 15) is 4.39 Å². The van der Waals surface area contributed by atoms with Gasteiger partial charge in [0.25, 0.3) is 0 Å². The van der Waals surface area contributed by atoms with Crippen LogP contribution in [0.25, 0.3) is 21.9 Å². The Morgan fingerprint density at radius 2 is 1.85 bits per heavy atom. The zero-order chi connectivity index (χ0) is 18.3. The lowest BCUT2D eigenvalue weighted by atomic mass is 10.2. The minimum Gasteiger partial charge on any atom is -0.493 e. The third-order valence-electron chi connectivity index (χ3n) is 4.07. The molecule has 0 saturated heterocycles. The van der Waals surface area contributed by atoms with E-state index in [2.05, 4.69) is 20.3 Å². The van der Waals surface area contributed by atoms with Gasteiger partial charge in [0.05, 0.1) is 30.4 Å². The van der Waals surface area contributed by atoms with Crippen molar-refractivity contribution in [3.05, 3.63) is 47.5 Å². The van der Waals surface area contributed by atoms with Gasteiger partial charge in [0.15, 0.2) is 17.3 Å². The van der Waals surface area contributed by atoms with Gasteiger partial charge in [-0.15, -0.1) is 0 Å². The number of nitrogens with one attached hydrogen (secondary N) is 2. The Hall–Kier alpha value is -3.06. The van der Waals surface area contributed by atoms with Gasteiger partial charge >= 0.3 is 0 Å². The summed E-state index contributed by atoms with van der Waals surface area (Å²) in [7, 11) is 3.16. The smallest absolute Gasteiger partial charge is 0.162 e. The van der Waals surface area contributed by atoms with Crippen molar-refractivity contribution in [3.8, 4) is 11.5 Å². The first-order valence-corrected chi connectivity index (χ1v) is 8.09. The van der Waals surface area contributed by atoms with Crippen molar-refractivity contribution >= 4 is 45.0 Å². The minimum absolute atomic E-state index is 0.260. The van der Waals surface area contributed by atoms with Crippen LogP contribution in [0, 0.1) is 5.82 Å². The highest BCUT2D eigenvalue weighted by Gasteiger charge is 2.15. The van der Waals surface area contributed by atoms with Gasteiger partial charge in [-0.3, -0.25) is 0 Å². The molecular weight excluding hydrogens is 359 g/mol. The van der Waals surface area contributed by atoms with E-state index in [4.69, 9.17) is 21.1 Å². The second-order valence-corrected chi connectivity index (χ2v) is 5.98. The van der Waals surface area contributed by atoms with Crippen LogP contribution < -0.4 is 14.8 Å². The number of anilines is 2. The molecule has 0 spiro atoms. The molecule has 0 aliphatic rings. The summed E-state index contributed by atoms with van der Waals surface area (Å²) in [4.78, 5) is 11.9. The average molecular weight is 373 g/mol. The first-order valence-electron chi connectivity index (χ1n) is 7.71. The van der Waals surface area contributed by atoms with Crippen molar-refractivity contribution in [1.29, 1.82) is 0 Å². The number of aromatic amines is 1. The molecule has 0 fully saturated rings. The summed E-state index contributed by atoms with van der Waals surface area (Å²) < 4.78 is 24.0. The van der Waals surface area contributed by atoms with Gasteiger partial charge < -0.3 is 19.8 Å². The number of rotatable bonds is 4. The van der Waals surface area contributed by atoms with E-state index in [1.807, 2.05) is 12.1 Å². The fourth-order valence-electron chi connectivity index (χ4n) is 2.83. The summed E-state index contributed by atoms with van der Waals surface area (Å²) in [6.07, 6.45) is 1.45. The highest BCUT2D eigenvalue weighted by atomic mass is 35.5. The van der Waals surface area contributed by atoms with E-state index in [0.717, 1.165) is 16.4 Å². The molecule has 26 heavy (non-hydrogen) atoms. The van der Waals surface area contributed by atoms with Crippen LogP contribution in [-0.4, -0.2) is 29.2 Å². The second-order valence-electron chi connectivity index (χ2n) is 5.57. The largest absolute Gasteiger partial charge is 0.493 e. The topological polar surface area (TPSA) is 72.1 Å². The maximum atomic E-state index is 13.3. The zero-order valence-electron chi connectivity index (χ0n) is 13.9. The van der Waals surface area contributed by atoms with Crippen molar-refractivity contribution in [2.24, 2.45) is 0 Å². The maximum Gasteiger partial charge on any atom is 0.162 e. The molecule has 0 radical (unpaired) electrons. The summed E-state index contributed by atoms with van der Waals surface area (Å²) in [5.74, 6) is 1.34. The van der Waals surface area contributed by atoms with E-state index in [1.165, 1.54) is 18.5 Å². The van der Waals surface area contributed by atoms with Gasteiger partial charge in [0, 0.05) is 11.5 Å². The molecule has 0 bridgehead atoms. The molecule has 0 amide bonds. The molecule has 0 saturated carbocycles. The number of aromatic nitrogens is 3. The van der Waals surface area contributed by atoms with Crippen LogP contribution in [0.2, 0.25) is 5.02 Å². The van der Waals surface area contributed by atoms with E-state index < -0.39 is 5.82 Å². The lowest BCUT2D eigenvalue weighted by Gasteiger charge is -2.08. The second kappa shape index (κ2) is 6.34. The molecule has 2 N–H and O–H groups in total. The Balaban J connectivity index is 1.88. The number of ether oxygens (including phenoxy) is 2. The first kappa shape index (κ1) is 16.4. The summed E-state index contributed by atoms with van der Waals surface area (Å²) in [5.41, 5.74) is 2.78. The van der Waals surface area contributed by atoms with E-state index >= 15 is 0 Å². The molecule has 0 unspecified atom stereocenters. The van der Waals surface area contributed by atoms with Crippen LogP contribution in [0.1, 0.15) is 0 Å². The number of benzene rings is 2. The summed E-state index contributed by atoms with van der Waals surface area (Å²) in [5, 5.41) is 4.25. The molecule has 0 aliphatic heterocycles. The van der Waals surface area contributed by atoms with Gasteiger partial charge in [-0.05, 0) is 24.3 Å². The number of methoxy groups -OCH3 is 2. The summed E-state index contributed by atoms with van der Waals surface area (Å²) >= 11 is 6.10. The Morgan fingerprint density at radius 3 is 2.58 bits per heavy atom. The number of hydrogen-bond acceptors (Lipinski definition) is 5. The van der Waals surface area contributed by atoms with Crippen LogP contribution in [0.15, 0.2) is 36.7 Å². The molecule has 2 aromatic heterocycles. The van der Waals surface area contributed by atoms with Gasteiger partial charge in [-0.25, -0.2) is 14.4 Å². The van der Waals surface area contributed by atoms with E-state index in [0.29, 0.717) is 28.5 Å². The van der Waals surface area contributed by atoms with Gasteiger partial charge in [0.1, 0.15) is 23.2 Å². The van der Waals surface area contributed by atoms with Gasteiger partial charge in [-0.2, -0.15) is 0 Å². The minimum atomic E-state index is -0.404. The highest BCUT2D eigenvalue weighted by molar-refractivity contribution is 6.33. The molecule has 4 aromatic rings. The van der Waals surface area contributed by atoms with Crippen molar-refractivity contribution in [3.63, 3.8) is 0 Å². The fraction of sp³-hybridized carbons (Fsp3) is 0.111. The summed E-state index contributed by atoms with van der Waals surface area (Å²) in [6, 6.07) is 7.82. The van der Waals surface area contributed by atoms with E-state index in [-0.39, 0.29) is 5.02 Å². The zero-order valence-corrected chi connectivity index (χ0v) is 14.7. The maximum absolute atomic E-state index is 13.3. The van der Waals surface area contributed by atoms with Crippen molar-refractivity contribution in [2.45, 2.75) is 0 Å². The quantitative estimate of drug-likeness (QED) is 0.545. The van der Waals surface area contributed by atoms with Crippen LogP contribution in [0.4, 0.5) is 15.9 Å². The van der Waals surface area contributed by atoms with Crippen molar-refractivity contribution in [2.75, 3.05) is 19.5 Å². The lowest BCUT2D eigenvalue weighted by Crippen LogP contribution is -1.96. The van der Waals surface area contributed by atoms with Crippen molar-refractivity contribution < 1.29 is 13.9 Å². The van der Waals surface area contributed by atoms with Gasteiger partial charge in [0.2, 0.25) is 0 Å². The summed E-state index contributed by atoms with van der Waals surface area (Å²) in [6.45, 7) is 0. The molecule has 4 rings (SSSR count). The van der Waals surface area contributed by atoms with Crippen LogP contribution >= 0.6 is 11.6 Å².